The fourth-order valence-electron chi connectivity index (χ4n) is 4.21. The van der Waals surface area contributed by atoms with Gasteiger partial charge in [0.1, 0.15) is 10.4 Å². The average Bonchev–Trinajstić information content (AvgIpc) is 3.44. The molecule has 1 aliphatic rings. The standard InChI is InChI=1S/C24H25N5O2S/c1-2-31-21-19(11-6-12-25-21)22(30)28-13-7-8-17(16-28)20-23-29(14-15-32-23)24(27-20)26-18-9-4-3-5-10-18/h3-6,9-12,14-15,17H,2,7-8,13,16H2,1H3,(H,26,27)/t17-/m0/s1. The number of carbonyl (C=O) groups excluding carboxylic acids is 1. The van der Waals surface area contributed by atoms with Crippen LogP contribution in [-0.2, 0) is 0 Å². The van der Waals surface area contributed by atoms with Crippen molar-refractivity contribution in [2.24, 2.45) is 0 Å². The van der Waals surface area contributed by atoms with Gasteiger partial charge in [0.25, 0.3) is 5.91 Å². The van der Waals surface area contributed by atoms with Crippen molar-refractivity contribution in [2.45, 2.75) is 25.7 Å². The van der Waals surface area contributed by atoms with Crippen molar-refractivity contribution in [2.75, 3.05) is 25.0 Å². The smallest absolute Gasteiger partial charge is 0.259 e. The van der Waals surface area contributed by atoms with E-state index in [9.17, 15) is 4.79 Å². The molecule has 4 aromatic rings. The molecular weight excluding hydrogens is 422 g/mol. The Morgan fingerprint density at radius 3 is 2.97 bits per heavy atom. The Morgan fingerprint density at radius 1 is 1.25 bits per heavy atom. The number of piperidine rings is 1. The molecule has 8 heteroatoms. The Hall–Kier alpha value is -3.39. The molecule has 0 unspecified atom stereocenters. The van der Waals surface area contributed by atoms with Gasteiger partial charge in [-0.1, -0.05) is 18.2 Å². The summed E-state index contributed by atoms with van der Waals surface area (Å²) < 4.78 is 7.69. The quantitative estimate of drug-likeness (QED) is 0.453. The van der Waals surface area contributed by atoms with Crippen molar-refractivity contribution in [1.29, 1.82) is 0 Å². The molecule has 0 spiro atoms. The van der Waals surface area contributed by atoms with Gasteiger partial charge >= 0.3 is 0 Å². The number of anilines is 2. The van der Waals surface area contributed by atoms with Crippen molar-refractivity contribution < 1.29 is 9.53 Å². The van der Waals surface area contributed by atoms with E-state index in [-0.39, 0.29) is 11.8 Å². The molecule has 1 aliphatic heterocycles. The number of imidazole rings is 1. The number of thiazole rings is 1. The van der Waals surface area contributed by atoms with Crippen molar-refractivity contribution in [3.63, 3.8) is 0 Å². The minimum atomic E-state index is -0.0319. The summed E-state index contributed by atoms with van der Waals surface area (Å²) in [6.45, 7) is 3.73. The monoisotopic (exact) mass is 447 g/mol. The van der Waals surface area contributed by atoms with Crippen LogP contribution in [0.3, 0.4) is 0 Å². The number of nitrogens with one attached hydrogen (secondary N) is 1. The number of hydrogen-bond donors (Lipinski definition) is 1. The van der Waals surface area contributed by atoms with Crippen molar-refractivity contribution in [3.05, 3.63) is 71.5 Å². The normalized spacial score (nSPS) is 16.3. The number of carbonyl (C=O) groups is 1. The van der Waals surface area contributed by atoms with Crippen molar-refractivity contribution in [3.8, 4) is 5.88 Å². The van der Waals surface area contributed by atoms with Crippen LogP contribution in [0.5, 0.6) is 5.88 Å². The van der Waals surface area contributed by atoms with Gasteiger partial charge in [-0.2, -0.15) is 0 Å². The summed E-state index contributed by atoms with van der Waals surface area (Å²) in [7, 11) is 0. The molecule has 32 heavy (non-hydrogen) atoms. The highest BCUT2D eigenvalue weighted by Crippen LogP contribution is 2.34. The lowest BCUT2D eigenvalue weighted by molar-refractivity contribution is 0.0701. The van der Waals surface area contributed by atoms with Gasteiger partial charge in [0, 0.05) is 42.5 Å². The molecule has 7 nitrogen and oxygen atoms in total. The van der Waals surface area contributed by atoms with Crippen LogP contribution in [0.1, 0.15) is 41.7 Å². The van der Waals surface area contributed by atoms with E-state index >= 15 is 0 Å². The van der Waals surface area contributed by atoms with Gasteiger partial charge in [-0.05, 0) is 44.0 Å². The van der Waals surface area contributed by atoms with Gasteiger partial charge < -0.3 is 15.0 Å². The highest BCUT2D eigenvalue weighted by Gasteiger charge is 2.30. The zero-order chi connectivity index (χ0) is 21.9. The van der Waals surface area contributed by atoms with E-state index in [2.05, 4.69) is 20.1 Å². The van der Waals surface area contributed by atoms with E-state index in [4.69, 9.17) is 9.72 Å². The van der Waals surface area contributed by atoms with Crippen LogP contribution in [0.4, 0.5) is 11.6 Å². The Labute approximate surface area is 190 Å². The largest absolute Gasteiger partial charge is 0.477 e. The highest BCUT2D eigenvalue weighted by atomic mass is 32.1. The first-order valence-electron chi connectivity index (χ1n) is 10.9. The number of hydrogen-bond acceptors (Lipinski definition) is 6. The number of likely N-dealkylation sites (tertiary alicyclic amines) is 1. The lowest BCUT2D eigenvalue weighted by atomic mass is 9.95. The van der Waals surface area contributed by atoms with E-state index in [1.807, 2.05) is 48.4 Å². The molecule has 0 aliphatic carbocycles. The SMILES string of the molecule is CCOc1ncccc1C(=O)N1CCC[C@H](c2nc(Nc3ccccc3)n3ccsc23)C1. The van der Waals surface area contributed by atoms with Crippen LogP contribution in [0.25, 0.3) is 4.83 Å². The molecule has 1 aromatic carbocycles. The molecule has 1 amide bonds. The molecule has 1 N–H and O–H groups in total. The molecule has 1 saturated heterocycles. The van der Waals surface area contributed by atoms with Crippen molar-refractivity contribution >= 4 is 33.7 Å². The summed E-state index contributed by atoms with van der Waals surface area (Å²) in [5.41, 5.74) is 2.57. The van der Waals surface area contributed by atoms with Gasteiger partial charge in [-0.25, -0.2) is 9.97 Å². The number of rotatable bonds is 6. The second-order valence-electron chi connectivity index (χ2n) is 7.77. The number of benzene rings is 1. The third-order valence-corrected chi connectivity index (χ3v) is 6.58. The molecule has 0 bridgehead atoms. The van der Waals surface area contributed by atoms with Crippen LogP contribution in [-0.4, -0.2) is 44.9 Å². The van der Waals surface area contributed by atoms with Gasteiger partial charge in [0.2, 0.25) is 11.8 Å². The number of nitrogens with zero attached hydrogens (tertiary/aromatic N) is 4. The lowest BCUT2D eigenvalue weighted by Crippen LogP contribution is -2.39. The summed E-state index contributed by atoms with van der Waals surface area (Å²) in [6.07, 6.45) is 5.63. The van der Waals surface area contributed by atoms with Crippen LogP contribution in [0, 0.1) is 0 Å². The molecule has 4 heterocycles. The molecule has 5 rings (SSSR count). The first kappa shape index (κ1) is 20.5. The predicted molar refractivity (Wildman–Crippen MR) is 126 cm³/mol. The maximum atomic E-state index is 13.3. The third kappa shape index (κ3) is 3.93. The maximum Gasteiger partial charge on any atom is 0.259 e. The van der Waals surface area contributed by atoms with Crippen LogP contribution in [0.2, 0.25) is 0 Å². The minimum absolute atomic E-state index is 0.0319. The summed E-state index contributed by atoms with van der Waals surface area (Å²) in [6, 6.07) is 13.6. The molecule has 0 saturated carbocycles. The third-order valence-electron chi connectivity index (χ3n) is 5.69. The minimum Gasteiger partial charge on any atom is -0.477 e. The second-order valence-corrected chi connectivity index (χ2v) is 8.66. The summed E-state index contributed by atoms with van der Waals surface area (Å²) in [5.74, 6) is 1.35. The number of amides is 1. The Bertz CT molecular complexity index is 1220. The highest BCUT2D eigenvalue weighted by molar-refractivity contribution is 7.15. The van der Waals surface area contributed by atoms with Crippen LogP contribution >= 0.6 is 11.3 Å². The first-order valence-corrected chi connectivity index (χ1v) is 11.8. The van der Waals surface area contributed by atoms with Crippen LogP contribution < -0.4 is 10.1 Å². The summed E-state index contributed by atoms with van der Waals surface area (Å²) >= 11 is 1.68. The number of pyridine rings is 1. The van der Waals surface area contributed by atoms with E-state index in [1.54, 1.807) is 29.7 Å². The second kappa shape index (κ2) is 9.00. The zero-order valence-electron chi connectivity index (χ0n) is 17.9. The Balaban J connectivity index is 1.40. The Kier molecular flexibility index (Phi) is 5.77. The molecule has 3 aromatic heterocycles. The van der Waals surface area contributed by atoms with Gasteiger partial charge in [-0.3, -0.25) is 9.20 Å². The first-order chi connectivity index (χ1) is 15.7. The summed E-state index contributed by atoms with van der Waals surface area (Å²) in [5, 5.41) is 5.50. The topological polar surface area (TPSA) is 71.8 Å². The number of fused-ring (bicyclic) bond motifs is 1. The number of ether oxygens (including phenoxy) is 1. The van der Waals surface area contributed by atoms with E-state index in [0.29, 0.717) is 24.6 Å². The number of para-hydroxylation sites is 1. The van der Waals surface area contributed by atoms with Gasteiger partial charge in [0.05, 0.1) is 12.3 Å². The molecular formula is C24H25N5O2S. The molecule has 0 radical (unpaired) electrons. The van der Waals surface area contributed by atoms with E-state index in [0.717, 1.165) is 41.5 Å². The molecule has 1 fully saturated rings. The molecule has 164 valence electrons. The van der Waals surface area contributed by atoms with Gasteiger partial charge in [-0.15, -0.1) is 11.3 Å². The van der Waals surface area contributed by atoms with Crippen molar-refractivity contribution in [1.82, 2.24) is 19.3 Å². The Morgan fingerprint density at radius 2 is 2.12 bits per heavy atom. The predicted octanol–water partition coefficient (Wildman–Crippen LogP) is 4.95. The van der Waals surface area contributed by atoms with E-state index < -0.39 is 0 Å². The fourth-order valence-corrected chi connectivity index (χ4v) is 5.12. The fraction of sp³-hybridized carbons (Fsp3) is 0.292. The average molecular weight is 448 g/mol. The number of aromatic nitrogens is 3. The summed E-state index contributed by atoms with van der Waals surface area (Å²) in [4.78, 5) is 25.6. The van der Waals surface area contributed by atoms with E-state index in [1.165, 1.54) is 0 Å². The van der Waals surface area contributed by atoms with Gasteiger partial charge in [0.15, 0.2) is 0 Å². The maximum absolute atomic E-state index is 13.3. The van der Waals surface area contributed by atoms with Crippen LogP contribution in [0.15, 0.2) is 60.2 Å². The zero-order valence-corrected chi connectivity index (χ0v) is 18.7. The lowest BCUT2D eigenvalue weighted by Gasteiger charge is -2.32. The molecule has 1 atom stereocenters.